The second-order valence-corrected chi connectivity index (χ2v) is 16.0. The van der Waals surface area contributed by atoms with E-state index in [9.17, 15) is 0 Å². The summed E-state index contributed by atoms with van der Waals surface area (Å²) in [5.41, 5.74) is 1.21. The molecule has 1 aliphatic rings. The molecular formula is C27H46O4Si. The Morgan fingerprint density at radius 3 is 2.34 bits per heavy atom. The van der Waals surface area contributed by atoms with Gasteiger partial charge in [-0.3, -0.25) is 0 Å². The number of hydrogen-bond donors (Lipinski definition) is 0. The summed E-state index contributed by atoms with van der Waals surface area (Å²) < 4.78 is 24.3. The summed E-state index contributed by atoms with van der Waals surface area (Å²) in [7, 11) is -0.113. The lowest BCUT2D eigenvalue weighted by atomic mass is 9.94. The molecule has 1 aromatic carbocycles. The number of methoxy groups -OCH3 is 1. The van der Waals surface area contributed by atoms with Gasteiger partial charge in [-0.25, -0.2) is 0 Å². The van der Waals surface area contributed by atoms with Gasteiger partial charge in [-0.2, -0.15) is 0 Å². The molecular weight excluding hydrogens is 416 g/mol. The van der Waals surface area contributed by atoms with Gasteiger partial charge in [-0.15, -0.1) is 0 Å². The Kier molecular flexibility index (Phi) is 9.59. The molecule has 182 valence electrons. The molecule has 4 nitrogen and oxygen atoms in total. The molecule has 2 rings (SSSR count). The predicted molar refractivity (Wildman–Crippen MR) is 137 cm³/mol. The third kappa shape index (κ3) is 8.02. The standard InChI is InChI=1S/C27H46O4Si/c1-21(14-12-10-11-13-15-22-16-18-23(28-7)19-17-22)25-24(30-27(5,6)31-25)20-29-32(8,9)26(2,3)4/h13,15-19,21,24-25H,10-12,14,20H2,1-9H3/b15-13+/t21-,24-,25-/m0/s1. The lowest BCUT2D eigenvalue weighted by Crippen LogP contribution is -2.44. The minimum absolute atomic E-state index is 0.00379. The first-order valence-corrected chi connectivity index (χ1v) is 15.1. The number of unbranched alkanes of at least 4 members (excludes halogenated alkanes) is 2. The van der Waals surface area contributed by atoms with Crippen LogP contribution in [-0.2, 0) is 13.9 Å². The van der Waals surface area contributed by atoms with Crippen LogP contribution in [0.2, 0.25) is 18.1 Å². The van der Waals surface area contributed by atoms with Crippen molar-refractivity contribution in [2.24, 2.45) is 5.92 Å². The number of hydrogen-bond acceptors (Lipinski definition) is 4. The van der Waals surface area contributed by atoms with Gasteiger partial charge < -0.3 is 18.6 Å². The summed E-state index contributed by atoms with van der Waals surface area (Å²) in [5, 5.41) is 0.197. The Bertz CT molecular complexity index is 718. The molecule has 0 aromatic heterocycles. The summed E-state index contributed by atoms with van der Waals surface area (Å²) >= 11 is 0. The summed E-state index contributed by atoms with van der Waals surface area (Å²) in [6.45, 7) is 18.4. The van der Waals surface area contributed by atoms with Crippen molar-refractivity contribution in [2.45, 2.75) is 103 Å². The van der Waals surface area contributed by atoms with Crippen molar-refractivity contribution < 1.29 is 18.6 Å². The van der Waals surface area contributed by atoms with Crippen molar-refractivity contribution in [2.75, 3.05) is 13.7 Å². The highest BCUT2D eigenvalue weighted by Crippen LogP contribution is 2.39. The molecule has 5 heteroatoms. The maximum Gasteiger partial charge on any atom is 0.192 e. The van der Waals surface area contributed by atoms with Gasteiger partial charge in [0, 0.05) is 0 Å². The Labute approximate surface area is 197 Å². The van der Waals surface area contributed by atoms with Gasteiger partial charge >= 0.3 is 0 Å². The summed E-state index contributed by atoms with van der Waals surface area (Å²) in [6, 6.07) is 8.17. The molecule has 1 aromatic rings. The average Bonchev–Trinajstić information content (AvgIpc) is 3.03. The van der Waals surface area contributed by atoms with Crippen LogP contribution in [0.15, 0.2) is 30.3 Å². The van der Waals surface area contributed by atoms with Crippen LogP contribution in [-0.4, -0.2) is 40.0 Å². The van der Waals surface area contributed by atoms with Crippen LogP contribution in [0.5, 0.6) is 5.75 Å². The minimum atomic E-state index is -1.81. The second kappa shape index (κ2) is 11.3. The van der Waals surface area contributed by atoms with E-state index >= 15 is 0 Å². The molecule has 0 aliphatic carbocycles. The zero-order chi connectivity index (χ0) is 24.0. The zero-order valence-electron chi connectivity index (χ0n) is 21.9. The third-order valence-corrected chi connectivity index (χ3v) is 11.4. The molecule has 1 aliphatic heterocycles. The number of ether oxygens (including phenoxy) is 3. The van der Waals surface area contributed by atoms with Crippen molar-refractivity contribution >= 4 is 14.4 Å². The topological polar surface area (TPSA) is 36.9 Å². The molecule has 0 saturated carbocycles. The second-order valence-electron chi connectivity index (χ2n) is 11.1. The lowest BCUT2D eigenvalue weighted by Gasteiger charge is -2.37. The Morgan fingerprint density at radius 2 is 1.75 bits per heavy atom. The molecule has 1 fully saturated rings. The quantitative estimate of drug-likeness (QED) is 0.253. The fourth-order valence-corrected chi connectivity index (χ4v) is 4.82. The van der Waals surface area contributed by atoms with Crippen LogP contribution < -0.4 is 4.74 Å². The summed E-state index contributed by atoms with van der Waals surface area (Å²) in [4.78, 5) is 0. The maximum absolute atomic E-state index is 6.48. The van der Waals surface area contributed by atoms with E-state index in [2.05, 4.69) is 65.1 Å². The highest BCUT2D eigenvalue weighted by molar-refractivity contribution is 6.74. The van der Waals surface area contributed by atoms with E-state index in [-0.39, 0.29) is 17.2 Å². The highest BCUT2D eigenvalue weighted by Gasteiger charge is 2.45. The van der Waals surface area contributed by atoms with Crippen LogP contribution in [0, 0.1) is 5.92 Å². The van der Waals surface area contributed by atoms with E-state index in [4.69, 9.17) is 18.6 Å². The molecule has 0 spiro atoms. The largest absolute Gasteiger partial charge is 0.497 e. The lowest BCUT2D eigenvalue weighted by molar-refractivity contribution is -0.152. The summed E-state index contributed by atoms with van der Waals surface area (Å²) in [5.74, 6) is 0.794. The maximum atomic E-state index is 6.48. The van der Waals surface area contributed by atoms with E-state index in [1.54, 1.807) is 7.11 Å². The average molecular weight is 463 g/mol. The molecule has 3 atom stereocenters. The van der Waals surface area contributed by atoms with E-state index < -0.39 is 14.1 Å². The number of allylic oxidation sites excluding steroid dienone is 1. The number of benzene rings is 1. The van der Waals surface area contributed by atoms with Crippen molar-refractivity contribution in [3.8, 4) is 5.75 Å². The van der Waals surface area contributed by atoms with Gasteiger partial charge in [0.2, 0.25) is 0 Å². The normalized spacial score (nSPS) is 22.4. The van der Waals surface area contributed by atoms with Gasteiger partial charge in [0.05, 0.1) is 19.8 Å². The Balaban J connectivity index is 1.79. The van der Waals surface area contributed by atoms with E-state index in [1.165, 1.54) is 18.4 Å². The third-order valence-electron chi connectivity index (χ3n) is 6.90. The summed E-state index contributed by atoms with van der Waals surface area (Å²) in [6.07, 6.45) is 9.13. The van der Waals surface area contributed by atoms with Crippen molar-refractivity contribution in [3.63, 3.8) is 0 Å². The fourth-order valence-electron chi connectivity index (χ4n) is 3.81. The van der Waals surface area contributed by atoms with E-state index in [0.29, 0.717) is 12.5 Å². The van der Waals surface area contributed by atoms with Crippen LogP contribution in [0.25, 0.3) is 6.08 Å². The van der Waals surface area contributed by atoms with E-state index in [0.717, 1.165) is 18.6 Å². The van der Waals surface area contributed by atoms with Crippen LogP contribution in [0.4, 0.5) is 0 Å². The van der Waals surface area contributed by atoms with Crippen LogP contribution in [0.3, 0.4) is 0 Å². The molecule has 0 unspecified atom stereocenters. The molecule has 1 heterocycles. The van der Waals surface area contributed by atoms with Crippen LogP contribution >= 0.6 is 0 Å². The van der Waals surface area contributed by atoms with Crippen molar-refractivity contribution in [1.82, 2.24) is 0 Å². The molecule has 0 amide bonds. The van der Waals surface area contributed by atoms with Crippen molar-refractivity contribution in [3.05, 3.63) is 35.9 Å². The van der Waals surface area contributed by atoms with Gasteiger partial charge in [-0.05, 0) is 74.9 Å². The molecule has 0 radical (unpaired) electrons. The first kappa shape index (κ1) is 27.1. The first-order valence-electron chi connectivity index (χ1n) is 12.1. The predicted octanol–water partition coefficient (Wildman–Crippen LogP) is 7.45. The van der Waals surface area contributed by atoms with Gasteiger partial charge in [0.25, 0.3) is 0 Å². The van der Waals surface area contributed by atoms with Gasteiger partial charge in [0.15, 0.2) is 14.1 Å². The smallest absolute Gasteiger partial charge is 0.192 e. The van der Waals surface area contributed by atoms with Crippen LogP contribution in [0.1, 0.15) is 72.8 Å². The molecule has 0 N–H and O–H groups in total. The minimum Gasteiger partial charge on any atom is -0.497 e. The van der Waals surface area contributed by atoms with Crippen molar-refractivity contribution in [1.29, 1.82) is 0 Å². The molecule has 1 saturated heterocycles. The molecule has 32 heavy (non-hydrogen) atoms. The van der Waals surface area contributed by atoms with Gasteiger partial charge in [0.1, 0.15) is 11.9 Å². The van der Waals surface area contributed by atoms with Gasteiger partial charge in [-0.1, -0.05) is 58.4 Å². The molecule has 0 bridgehead atoms. The highest BCUT2D eigenvalue weighted by atomic mass is 28.4. The zero-order valence-corrected chi connectivity index (χ0v) is 22.9. The Hall–Kier alpha value is -1.14. The fraction of sp³-hybridized carbons (Fsp3) is 0.704. The number of rotatable bonds is 11. The SMILES string of the molecule is COc1ccc(/C=C/CCCC[C@H](C)[C@@H]2OC(C)(C)O[C@H]2CO[Si](C)(C)C(C)(C)C)cc1. The van der Waals surface area contributed by atoms with E-state index in [1.807, 2.05) is 26.0 Å². The Morgan fingerprint density at radius 1 is 1.09 bits per heavy atom. The monoisotopic (exact) mass is 462 g/mol. The first-order chi connectivity index (χ1) is 14.8.